The summed E-state index contributed by atoms with van der Waals surface area (Å²) in [6.45, 7) is 9.68. The maximum atomic E-state index is 12.1. The molecule has 17 heavy (non-hydrogen) atoms. The normalized spacial score (nSPS) is 28.5. The van der Waals surface area contributed by atoms with Crippen LogP contribution in [0.4, 0.5) is 0 Å². The molecule has 100 valence electrons. The monoisotopic (exact) mass is 240 g/mol. The molecule has 3 nitrogen and oxygen atoms in total. The molecule has 0 aliphatic carbocycles. The van der Waals surface area contributed by atoms with E-state index in [0.717, 1.165) is 19.4 Å². The Hall–Kier alpha value is -0.570. The van der Waals surface area contributed by atoms with Gasteiger partial charge in [0, 0.05) is 6.04 Å². The zero-order valence-corrected chi connectivity index (χ0v) is 11.8. The average Bonchev–Trinajstić information content (AvgIpc) is 2.29. The van der Waals surface area contributed by atoms with E-state index in [1.54, 1.807) is 0 Å². The molecule has 0 saturated carbocycles. The molecule has 0 aromatic heterocycles. The summed E-state index contributed by atoms with van der Waals surface area (Å²) >= 11 is 0. The van der Waals surface area contributed by atoms with Crippen LogP contribution in [-0.2, 0) is 4.79 Å². The van der Waals surface area contributed by atoms with Crippen molar-refractivity contribution in [2.24, 2.45) is 11.8 Å². The SMILES string of the molecule is CCC(C)CC(C)NC(=O)C1NCCCC1C. The van der Waals surface area contributed by atoms with Crippen LogP contribution in [0.25, 0.3) is 0 Å². The van der Waals surface area contributed by atoms with Gasteiger partial charge in [0.1, 0.15) is 0 Å². The number of rotatable bonds is 5. The minimum atomic E-state index is 0.0168. The fraction of sp³-hybridized carbons (Fsp3) is 0.929. The molecular weight excluding hydrogens is 212 g/mol. The molecule has 1 rings (SSSR count). The Kier molecular flexibility index (Phi) is 5.96. The minimum absolute atomic E-state index is 0.0168. The van der Waals surface area contributed by atoms with E-state index >= 15 is 0 Å². The largest absolute Gasteiger partial charge is 0.352 e. The van der Waals surface area contributed by atoms with Gasteiger partial charge in [0.2, 0.25) is 5.91 Å². The fourth-order valence-electron chi connectivity index (χ4n) is 2.56. The van der Waals surface area contributed by atoms with Crippen LogP contribution in [0, 0.1) is 11.8 Å². The second-order valence-electron chi connectivity index (χ2n) is 5.71. The lowest BCUT2D eigenvalue weighted by Crippen LogP contribution is -2.52. The Morgan fingerprint density at radius 1 is 1.47 bits per heavy atom. The molecule has 3 heteroatoms. The highest BCUT2D eigenvalue weighted by Crippen LogP contribution is 2.16. The van der Waals surface area contributed by atoms with Gasteiger partial charge in [0.15, 0.2) is 0 Å². The fourth-order valence-corrected chi connectivity index (χ4v) is 2.56. The zero-order chi connectivity index (χ0) is 12.8. The summed E-state index contributed by atoms with van der Waals surface area (Å²) in [6, 6.07) is 0.302. The van der Waals surface area contributed by atoms with Gasteiger partial charge < -0.3 is 10.6 Å². The van der Waals surface area contributed by atoms with Gasteiger partial charge >= 0.3 is 0 Å². The predicted octanol–water partition coefficient (Wildman–Crippen LogP) is 2.32. The number of hydrogen-bond acceptors (Lipinski definition) is 2. The van der Waals surface area contributed by atoms with Gasteiger partial charge in [-0.3, -0.25) is 4.79 Å². The van der Waals surface area contributed by atoms with Crippen LogP contribution in [0.1, 0.15) is 53.4 Å². The first-order chi connectivity index (χ1) is 8.04. The molecule has 1 fully saturated rings. The van der Waals surface area contributed by atoms with E-state index in [2.05, 4.69) is 38.3 Å². The molecule has 2 N–H and O–H groups in total. The third-order valence-corrected chi connectivity index (χ3v) is 3.89. The molecule has 0 radical (unpaired) electrons. The summed E-state index contributed by atoms with van der Waals surface area (Å²) < 4.78 is 0. The quantitative estimate of drug-likeness (QED) is 0.774. The van der Waals surface area contributed by atoms with E-state index in [9.17, 15) is 4.79 Å². The van der Waals surface area contributed by atoms with E-state index in [-0.39, 0.29) is 18.0 Å². The van der Waals surface area contributed by atoms with Crippen LogP contribution >= 0.6 is 0 Å². The maximum Gasteiger partial charge on any atom is 0.237 e. The topological polar surface area (TPSA) is 41.1 Å². The summed E-state index contributed by atoms with van der Waals surface area (Å²) in [5.41, 5.74) is 0. The summed E-state index contributed by atoms with van der Waals surface area (Å²) in [7, 11) is 0. The molecule has 1 saturated heterocycles. The van der Waals surface area contributed by atoms with Crippen molar-refractivity contribution in [3.63, 3.8) is 0 Å². The second kappa shape index (κ2) is 7.00. The molecule has 0 aromatic carbocycles. The van der Waals surface area contributed by atoms with Crippen LogP contribution in [-0.4, -0.2) is 24.5 Å². The molecule has 4 atom stereocenters. The number of piperidine rings is 1. The minimum Gasteiger partial charge on any atom is -0.352 e. The van der Waals surface area contributed by atoms with Gasteiger partial charge in [0.05, 0.1) is 6.04 Å². The summed E-state index contributed by atoms with van der Waals surface area (Å²) in [5.74, 6) is 1.33. The van der Waals surface area contributed by atoms with Gasteiger partial charge in [-0.05, 0) is 44.6 Å². The van der Waals surface area contributed by atoms with Gasteiger partial charge in [-0.25, -0.2) is 0 Å². The van der Waals surface area contributed by atoms with Gasteiger partial charge in [-0.1, -0.05) is 27.2 Å². The highest BCUT2D eigenvalue weighted by molar-refractivity contribution is 5.82. The molecule has 1 heterocycles. The molecule has 0 spiro atoms. The van der Waals surface area contributed by atoms with Crippen molar-refractivity contribution in [2.45, 2.75) is 65.5 Å². The lowest BCUT2D eigenvalue weighted by molar-refractivity contribution is -0.125. The van der Waals surface area contributed by atoms with Crippen molar-refractivity contribution in [1.29, 1.82) is 0 Å². The lowest BCUT2D eigenvalue weighted by atomic mass is 9.91. The molecule has 4 unspecified atom stereocenters. The summed E-state index contributed by atoms with van der Waals surface area (Å²) in [6.07, 6.45) is 4.60. The molecule has 1 aliphatic heterocycles. The van der Waals surface area contributed by atoms with Gasteiger partial charge in [-0.15, -0.1) is 0 Å². The van der Waals surface area contributed by atoms with E-state index < -0.39 is 0 Å². The lowest BCUT2D eigenvalue weighted by Gasteiger charge is -2.30. The standard InChI is InChI=1S/C14H28N2O/c1-5-10(2)9-12(4)16-14(17)13-11(3)7-6-8-15-13/h10-13,15H,5-9H2,1-4H3,(H,16,17). The molecule has 1 aliphatic rings. The number of carbonyl (C=O) groups is 1. The average molecular weight is 240 g/mol. The molecule has 1 amide bonds. The van der Waals surface area contributed by atoms with Crippen LogP contribution < -0.4 is 10.6 Å². The Morgan fingerprint density at radius 2 is 2.18 bits per heavy atom. The first kappa shape index (κ1) is 14.5. The van der Waals surface area contributed by atoms with Crippen molar-refractivity contribution in [2.75, 3.05) is 6.54 Å². The van der Waals surface area contributed by atoms with E-state index in [0.29, 0.717) is 11.8 Å². The maximum absolute atomic E-state index is 12.1. The first-order valence-electron chi connectivity index (χ1n) is 7.08. The van der Waals surface area contributed by atoms with Crippen LogP contribution in [0.3, 0.4) is 0 Å². The third kappa shape index (κ3) is 4.66. The predicted molar refractivity (Wildman–Crippen MR) is 71.9 cm³/mol. The molecule has 0 aromatic rings. The summed E-state index contributed by atoms with van der Waals surface area (Å²) in [4.78, 5) is 12.1. The van der Waals surface area contributed by atoms with Crippen molar-refractivity contribution in [1.82, 2.24) is 10.6 Å². The van der Waals surface area contributed by atoms with Crippen molar-refractivity contribution in [3.05, 3.63) is 0 Å². The highest BCUT2D eigenvalue weighted by atomic mass is 16.2. The Morgan fingerprint density at radius 3 is 2.76 bits per heavy atom. The third-order valence-electron chi connectivity index (χ3n) is 3.89. The number of hydrogen-bond donors (Lipinski definition) is 2. The van der Waals surface area contributed by atoms with E-state index in [1.165, 1.54) is 12.8 Å². The Labute approximate surface area is 106 Å². The Balaban J connectivity index is 2.37. The smallest absolute Gasteiger partial charge is 0.237 e. The van der Waals surface area contributed by atoms with Crippen molar-refractivity contribution in [3.8, 4) is 0 Å². The highest BCUT2D eigenvalue weighted by Gasteiger charge is 2.27. The van der Waals surface area contributed by atoms with Crippen LogP contribution in [0.5, 0.6) is 0 Å². The van der Waals surface area contributed by atoms with Crippen LogP contribution in [0.2, 0.25) is 0 Å². The van der Waals surface area contributed by atoms with Crippen molar-refractivity contribution >= 4 is 5.91 Å². The van der Waals surface area contributed by atoms with Crippen LogP contribution in [0.15, 0.2) is 0 Å². The number of carbonyl (C=O) groups excluding carboxylic acids is 1. The van der Waals surface area contributed by atoms with E-state index in [1.807, 2.05) is 0 Å². The summed E-state index contributed by atoms with van der Waals surface area (Å²) in [5, 5.41) is 6.47. The Bertz CT molecular complexity index is 242. The van der Waals surface area contributed by atoms with Crippen molar-refractivity contribution < 1.29 is 4.79 Å². The molecular formula is C14H28N2O. The second-order valence-corrected chi connectivity index (χ2v) is 5.71. The molecule has 0 bridgehead atoms. The first-order valence-corrected chi connectivity index (χ1v) is 7.08. The van der Waals surface area contributed by atoms with Gasteiger partial charge in [0.25, 0.3) is 0 Å². The number of nitrogens with one attached hydrogen (secondary N) is 2. The van der Waals surface area contributed by atoms with E-state index in [4.69, 9.17) is 0 Å². The number of amides is 1. The zero-order valence-electron chi connectivity index (χ0n) is 11.8. The van der Waals surface area contributed by atoms with Gasteiger partial charge in [-0.2, -0.15) is 0 Å².